The zero-order chi connectivity index (χ0) is 33.0. The topological polar surface area (TPSA) is 43.1 Å². The highest BCUT2D eigenvalue weighted by molar-refractivity contribution is 8.00. The van der Waals surface area contributed by atoms with E-state index in [0.29, 0.717) is 5.25 Å². The number of allylic oxidation sites excluding steroid dienone is 4. The summed E-state index contributed by atoms with van der Waals surface area (Å²) in [7, 11) is 0. The van der Waals surface area contributed by atoms with E-state index in [2.05, 4.69) is 143 Å². The van der Waals surface area contributed by atoms with Crippen LogP contribution in [-0.2, 0) is 0 Å². The van der Waals surface area contributed by atoms with Crippen LogP contribution in [0.25, 0.3) is 61.1 Å². The predicted molar refractivity (Wildman–Crippen MR) is 209 cm³/mol. The van der Waals surface area contributed by atoms with Gasteiger partial charge < -0.3 is 4.57 Å². The molecule has 0 bridgehead atoms. The van der Waals surface area contributed by atoms with E-state index < -0.39 is 0 Å². The first kappa shape index (κ1) is 29.2. The summed E-state index contributed by atoms with van der Waals surface area (Å²) < 4.78 is 2.45. The van der Waals surface area contributed by atoms with Crippen molar-refractivity contribution in [2.75, 3.05) is 6.54 Å². The van der Waals surface area contributed by atoms with Gasteiger partial charge in [0.15, 0.2) is 0 Å². The van der Waals surface area contributed by atoms with Crippen LogP contribution in [0, 0.1) is 0 Å². The summed E-state index contributed by atoms with van der Waals surface area (Å²) >= 11 is 1.96. The average molecular weight is 661 g/mol. The summed E-state index contributed by atoms with van der Waals surface area (Å²) in [5, 5.41) is 2.84. The van der Waals surface area contributed by atoms with E-state index >= 15 is 0 Å². The number of aromatic nitrogens is 3. The zero-order valence-corrected chi connectivity index (χ0v) is 28.1. The number of fused-ring (bicyclic) bond motifs is 6. The van der Waals surface area contributed by atoms with Crippen LogP contribution in [0.2, 0.25) is 0 Å². The number of hydrogen-bond donors (Lipinski definition) is 0. The Morgan fingerprint density at radius 1 is 0.640 bits per heavy atom. The molecule has 0 saturated carbocycles. The molecule has 238 valence electrons. The van der Waals surface area contributed by atoms with Gasteiger partial charge in [-0.05, 0) is 89.9 Å². The van der Waals surface area contributed by atoms with Gasteiger partial charge in [-0.2, -0.15) is 0 Å². The molecule has 0 fully saturated rings. The molecule has 50 heavy (non-hydrogen) atoms. The summed E-state index contributed by atoms with van der Waals surface area (Å²) in [6.45, 7) is 0.822. The number of para-hydroxylation sites is 1. The monoisotopic (exact) mass is 660 g/mol. The Morgan fingerprint density at radius 3 is 2.20 bits per heavy atom. The Bertz CT molecular complexity index is 2580. The third-order valence-electron chi connectivity index (χ3n) is 10.1. The van der Waals surface area contributed by atoms with Crippen molar-refractivity contribution >= 4 is 45.0 Å². The molecule has 1 aliphatic carbocycles. The molecular formula is C45H32N4S. The summed E-state index contributed by atoms with van der Waals surface area (Å²) in [4.78, 5) is 15.7. The zero-order valence-electron chi connectivity index (χ0n) is 27.3. The fourth-order valence-corrected chi connectivity index (χ4v) is 9.15. The average Bonchev–Trinajstić information content (AvgIpc) is 3.72. The van der Waals surface area contributed by atoms with Gasteiger partial charge in [-0.15, -0.1) is 11.8 Å². The van der Waals surface area contributed by atoms with Gasteiger partial charge in [0.25, 0.3) is 0 Å². The van der Waals surface area contributed by atoms with Gasteiger partial charge in [0.2, 0.25) is 0 Å². The molecule has 0 N–H and O–H groups in total. The fourth-order valence-electron chi connectivity index (χ4n) is 7.81. The summed E-state index contributed by atoms with van der Waals surface area (Å²) in [6, 6.07) is 41.3. The molecule has 0 amide bonds. The predicted octanol–water partition coefficient (Wildman–Crippen LogP) is 11.0. The first-order valence-corrected chi connectivity index (χ1v) is 18.1. The third kappa shape index (κ3) is 4.80. The summed E-state index contributed by atoms with van der Waals surface area (Å²) in [5.41, 5.74) is 13.8. The number of aliphatic imine (C=N–C) groups is 1. The van der Waals surface area contributed by atoms with Crippen LogP contribution >= 0.6 is 11.8 Å². The Hall–Kier alpha value is -5.78. The highest BCUT2D eigenvalue weighted by Gasteiger charge is 2.34. The normalized spacial score (nSPS) is 17.8. The Morgan fingerprint density at radius 2 is 1.40 bits per heavy atom. The Labute approximate surface area is 295 Å². The largest absolute Gasteiger partial charge is 0.310 e. The van der Waals surface area contributed by atoms with Crippen LogP contribution < -0.4 is 0 Å². The highest BCUT2D eigenvalue weighted by Crippen LogP contribution is 2.51. The second kappa shape index (κ2) is 12.0. The Kier molecular flexibility index (Phi) is 6.98. The Balaban J connectivity index is 1.11. The van der Waals surface area contributed by atoms with Crippen molar-refractivity contribution in [3.8, 4) is 33.6 Å². The van der Waals surface area contributed by atoms with Gasteiger partial charge in [-0.3, -0.25) is 15.0 Å². The van der Waals surface area contributed by atoms with Crippen molar-refractivity contribution in [3.63, 3.8) is 0 Å². The lowest BCUT2D eigenvalue weighted by molar-refractivity contribution is 0.875. The molecule has 10 rings (SSSR count). The van der Waals surface area contributed by atoms with Gasteiger partial charge in [-0.25, -0.2) is 0 Å². The lowest BCUT2D eigenvalue weighted by Crippen LogP contribution is -2.12. The lowest BCUT2D eigenvalue weighted by Gasteiger charge is -2.21. The number of pyridine rings is 2. The summed E-state index contributed by atoms with van der Waals surface area (Å²) in [6.07, 6.45) is 16.4. The molecule has 5 heteroatoms. The van der Waals surface area contributed by atoms with Crippen molar-refractivity contribution in [2.45, 2.75) is 22.5 Å². The summed E-state index contributed by atoms with van der Waals surface area (Å²) in [5.74, 6) is 0.250. The van der Waals surface area contributed by atoms with Crippen LogP contribution in [-0.4, -0.2) is 32.0 Å². The van der Waals surface area contributed by atoms with Crippen LogP contribution in [0.4, 0.5) is 0 Å². The van der Waals surface area contributed by atoms with Crippen molar-refractivity contribution in [2.24, 2.45) is 4.99 Å². The van der Waals surface area contributed by atoms with Gasteiger partial charge in [0.05, 0.1) is 28.1 Å². The van der Waals surface area contributed by atoms with Gasteiger partial charge >= 0.3 is 0 Å². The van der Waals surface area contributed by atoms with E-state index in [0.717, 1.165) is 41.2 Å². The number of nitrogens with zero attached hydrogens (tertiary/aromatic N) is 4. The van der Waals surface area contributed by atoms with E-state index in [4.69, 9.17) is 9.98 Å². The van der Waals surface area contributed by atoms with Crippen LogP contribution in [0.15, 0.2) is 168 Å². The van der Waals surface area contributed by atoms with Gasteiger partial charge in [0.1, 0.15) is 0 Å². The molecule has 0 spiro atoms. The van der Waals surface area contributed by atoms with E-state index in [-0.39, 0.29) is 5.92 Å². The first-order chi connectivity index (χ1) is 24.8. The van der Waals surface area contributed by atoms with Crippen LogP contribution in [0.5, 0.6) is 0 Å². The fraction of sp³-hybridized carbons (Fsp3) is 0.0889. The van der Waals surface area contributed by atoms with E-state index in [1.807, 2.05) is 36.3 Å². The van der Waals surface area contributed by atoms with Gasteiger partial charge in [0, 0.05) is 68.2 Å². The molecule has 2 aliphatic heterocycles. The van der Waals surface area contributed by atoms with Crippen LogP contribution in [0.1, 0.15) is 23.5 Å². The number of thioether (sulfide) groups is 1. The molecule has 4 nitrogen and oxygen atoms in total. The third-order valence-corrected chi connectivity index (χ3v) is 11.4. The molecule has 2 atom stereocenters. The molecule has 3 aliphatic rings. The molecule has 2 unspecified atom stereocenters. The quantitative estimate of drug-likeness (QED) is 0.185. The first-order valence-electron chi connectivity index (χ1n) is 17.2. The molecule has 0 radical (unpaired) electrons. The minimum Gasteiger partial charge on any atom is -0.310 e. The number of rotatable bonds is 5. The molecular weight excluding hydrogens is 629 g/mol. The maximum absolute atomic E-state index is 4.95. The van der Waals surface area contributed by atoms with Crippen molar-refractivity contribution in [1.82, 2.24) is 14.5 Å². The van der Waals surface area contributed by atoms with E-state index in [9.17, 15) is 0 Å². The maximum atomic E-state index is 4.95. The minimum absolute atomic E-state index is 0.250. The molecule has 4 aromatic carbocycles. The van der Waals surface area contributed by atoms with Crippen molar-refractivity contribution in [1.29, 1.82) is 0 Å². The molecule has 5 heterocycles. The highest BCUT2D eigenvalue weighted by atomic mass is 32.2. The number of hydrogen-bond acceptors (Lipinski definition) is 4. The molecule has 0 saturated heterocycles. The number of benzene rings is 4. The van der Waals surface area contributed by atoms with E-state index in [1.165, 1.54) is 54.7 Å². The second-order valence-electron chi connectivity index (χ2n) is 13.0. The van der Waals surface area contributed by atoms with Gasteiger partial charge in [-0.1, -0.05) is 78.9 Å². The van der Waals surface area contributed by atoms with Crippen LogP contribution in [0.3, 0.4) is 0 Å². The number of dihydropyridines is 1. The standard InChI is InChI=1S/C45H32N4S/c1-2-12-32(39-14-5-8-22-46-39)31(11-1)29-18-20-43-36(25-29)33-13-3-4-17-42(33)49(43)30-19-21-44-37(26-30)38-27-34(40-15-6-9-23-47-40)35(28-45(38)50-44)41-16-7-10-24-48-41/h1-8,10-22,24-28,37,44H,9,23H2. The maximum Gasteiger partial charge on any atom is 0.0709 e. The van der Waals surface area contributed by atoms with Crippen molar-refractivity contribution in [3.05, 3.63) is 169 Å². The minimum atomic E-state index is 0.250. The van der Waals surface area contributed by atoms with Crippen molar-refractivity contribution < 1.29 is 0 Å². The second-order valence-corrected chi connectivity index (χ2v) is 14.2. The molecule has 3 aromatic heterocycles. The lowest BCUT2D eigenvalue weighted by atomic mass is 9.87. The SMILES string of the molecule is C1=CC(c2cc3c(cc2-c2ccccn2)SC2C=CC(n4c5ccccc5c5cc(-c6ccccc6-c6ccccn6)ccc54)=CC32)=NCC1. The smallest absolute Gasteiger partial charge is 0.0709 e. The van der Waals surface area contributed by atoms with E-state index in [1.54, 1.807) is 0 Å². The molecule has 7 aromatic rings.